The highest BCUT2D eigenvalue weighted by Gasteiger charge is 2.41. The minimum absolute atomic E-state index is 0.341. The van der Waals surface area contributed by atoms with Crippen LogP contribution in [0.4, 0.5) is 0 Å². The summed E-state index contributed by atoms with van der Waals surface area (Å²) in [5.74, 6) is 2.39. The molecule has 1 heterocycles. The highest BCUT2D eigenvalue weighted by atomic mass is 16.5. The summed E-state index contributed by atoms with van der Waals surface area (Å²) in [7, 11) is 1.74. The van der Waals surface area contributed by atoms with Crippen molar-refractivity contribution in [3.8, 4) is 5.75 Å². The van der Waals surface area contributed by atoms with Crippen LogP contribution in [-0.2, 0) is 0 Å². The van der Waals surface area contributed by atoms with Crippen LogP contribution in [-0.4, -0.2) is 44.1 Å². The Labute approximate surface area is 152 Å². The Hall–Kier alpha value is -1.71. The van der Waals surface area contributed by atoms with Crippen molar-refractivity contribution in [2.45, 2.75) is 51.9 Å². The van der Waals surface area contributed by atoms with Gasteiger partial charge in [0.05, 0.1) is 7.11 Å². The second-order valence-electron chi connectivity index (χ2n) is 7.72. The summed E-state index contributed by atoms with van der Waals surface area (Å²) in [5, 5.41) is 3.51. The minimum Gasteiger partial charge on any atom is -0.496 e. The summed E-state index contributed by atoms with van der Waals surface area (Å²) in [6.45, 7) is 8.42. The van der Waals surface area contributed by atoms with Gasteiger partial charge in [-0.1, -0.05) is 38.0 Å². The molecule has 1 N–H and O–H groups in total. The second-order valence-corrected chi connectivity index (χ2v) is 7.72. The van der Waals surface area contributed by atoms with Gasteiger partial charge >= 0.3 is 0 Å². The smallest absolute Gasteiger partial charge is 0.193 e. The molecule has 1 unspecified atom stereocenters. The Kier molecular flexibility index (Phi) is 5.87. The third-order valence-electron chi connectivity index (χ3n) is 5.92. The van der Waals surface area contributed by atoms with Gasteiger partial charge in [-0.3, -0.25) is 4.99 Å². The fraction of sp³-hybridized carbons (Fsp3) is 0.667. The predicted molar refractivity (Wildman–Crippen MR) is 104 cm³/mol. The van der Waals surface area contributed by atoms with Crippen molar-refractivity contribution in [3.63, 3.8) is 0 Å². The van der Waals surface area contributed by atoms with Crippen LogP contribution >= 0.6 is 0 Å². The average Bonchev–Trinajstić information content (AvgIpc) is 3.28. The lowest BCUT2D eigenvalue weighted by Crippen LogP contribution is -2.41. The van der Waals surface area contributed by atoms with Crippen LogP contribution in [0.5, 0.6) is 5.75 Å². The number of rotatable bonds is 5. The lowest BCUT2D eigenvalue weighted by molar-refractivity contribution is 0.309. The van der Waals surface area contributed by atoms with Crippen LogP contribution in [0.1, 0.15) is 57.4 Å². The van der Waals surface area contributed by atoms with Crippen LogP contribution in [0.3, 0.4) is 0 Å². The van der Waals surface area contributed by atoms with Crippen LogP contribution in [0.2, 0.25) is 0 Å². The molecule has 1 aromatic rings. The summed E-state index contributed by atoms with van der Waals surface area (Å²) in [6.07, 6.45) is 6.96. The number of hydrogen-bond donors (Lipinski definition) is 1. The molecule has 1 spiro atoms. The summed E-state index contributed by atoms with van der Waals surface area (Å²) < 4.78 is 5.51. The number of likely N-dealkylation sites (tertiary alicyclic amines) is 1. The van der Waals surface area contributed by atoms with Gasteiger partial charge in [-0.2, -0.15) is 0 Å². The van der Waals surface area contributed by atoms with Gasteiger partial charge in [0.1, 0.15) is 5.75 Å². The first-order valence-electron chi connectivity index (χ1n) is 9.83. The van der Waals surface area contributed by atoms with Gasteiger partial charge in [0.2, 0.25) is 0 Å². The maximum Gasteiger partial charge on any atom is 0.193 e. The van der Waals surface area contributed by atoms with Crippen molar-refractivity contribution < 1.29 is 4.74 Å². The highest BCUT2D eigenvalue weighted by Crippen LogP contribution is 2.45. The molecule has 0 bridgehead atoms. The second kappa shape index (κ2) is 8.11. The van der Waals surface area contributed by atoms with E-state index in [1.807, 2.05) is 12.1 Å². The number of methoxy groups -OCH3 is 1. The van der Waals surface area contributed by atoms with Crippen molar-refractivity contribution in [2.24, 2.45) is 10.4 Å². The Morgan fingerprint density at radius 2 is 2.04 bits per heavy atom. The maximum absolute atomic E-state index is 5.51. The zero-order valence-corrected chi connectivity index (χ0v) is 16.1. The van der Waals surface area contributed by atoms with Crippen LogP contribution in [0.25, 0.3) is 0 Å². The van der Waals surface area contributed by atoms with Crippen molar-refractivity contribution in [3.05, 3.63) is 29.8 Å². The van der Waals surface area contributed by atoms with Gasteiger partial charge in [-0.05, 0) is 43.2 Å². The molecule has 1 atom stereocenters. The SMILES string of the molecule is CCNC(=NCC(C)c1ccccc1OC)N1CCC2(CCCC2)C1. The largest absolute Gasteiger partial charge is 0.496 e. The molecule has 4 heteroatoms. The van der Waals surface area contributed by atoms with Gasteiger partial charge in [-0.15, -0.1) is 0 Å². The van der Waals surface area contributed by atoms with Crippen LogP contribution < -0.4 is 10.1 Å². The van der Waals surface area contributed by atoms with E-state index < -0.39 is 0 Å². The van der Waals surface area contributed by atoms with E-state index in [2.05, 4.69) is 36.2 Å². The molecule has 138 valence electrons. The molecule has 0 aromatic heterocycles. The topological polar surface area (TPSA) is 36.9 Å². The Morgan fingerprint density at radius 1 is 1.28 bits per heavy atom. The third-order valence-corrected chi connectivity index (χ3v) is 5.92. The van der Waals surface area contributed by atoms with E-state index in [1.54, 1.807) is 7.11 Å². The van der Waals surface area contributed by atoms with Crippen molar-refractivity contribution in [1.82, 2.24) is 10.2 Å². The van der Waals surface area contributed by atoms with Crippen molar-refractivity contribution >= 4 is 5.96 Å². The first-order chi connectivity index (χ1) is 12.2. The number of hydrogen-bond acceptors (Lipinski definition) is 2. The van der Waals surface area contributed by atoms with Crippen LogP contribution in [0.15, 0.2) is 29.3 Å². The molecule has 1 saturated heterocycles. The lowest BCUT2D eigenvalue weighted by atomic mass is 9.86. The van der Waals surface area contributed by atoms with Crippen LogP contribution in [0, 0.1) is 5.41 Å². The van der Waals surface area contributed by atoms with E-state index >= 15 is 0 Å². The summed E-state index contributed by atoms with van der Waals surface area (Å²) >= 11 is 0. The average molecular weight is 344 g/mol. The van der Waals surface area contributed by atoms with E-state index in [0.717, 1.165) is 31.3 Å². The number of aliphatic imine (C=N–C) groups is 1. The molecule has 0 radical (unpaired) electrons. The van der Waals surface area contributed by atoms with E-state index in [1.165, 1.54) is 44.2 Å². The standard InChI is InChI=1S/C21H33N3O/c1-4-22-20(24-14-13-21(16-24)11-7-8-12-21)23-15-17(2)18-9-5-6-10-19(18)25-3/h5-6,9-10,17H,4,7-8,11-16H2,1-3H3,(H,22,23). The Morgan fingerprint density at radius 3 is 2.76 bits per heavy atom. The molecule has 25 heavy (non-hydrogen) atoms. The molecule has 0 amide bonds. The molecular formula is C21H33N3O. The fourth-order valence-electron chi connectivity index (χ4n) is 4.47. The highest BCUT2D eigenvalue weighted by molar-refractivity contribution is 5.80. The zero-order valence-electron chi connectivity index (χ0n) is 16.1. The number of benzene rings is 1. The zero-order chi connectivity index (χ0) is 17.7. The third kappa shape index (κ3) is 4.10. The van der Waals surface area contributed by atoms with Crippen molar-refractivity contribution in [2.75, 3.05) is 33.3 Å². The van der Waals surface area contributed by atoms with E-state index in [0.29, 0.717) is 11.3 Å². The summed E-state index contributed by atoms with van der Waals surface area (Å²) in [6, 6.07) is 8.28. The quantitative estimate of drug-likeness (QED) is 0.648. The van der Waals surface area contributed by atoms with E-state index in [-0.39, 0.29) is 0 Å². The van der Waals surface area contributed by atoms with Gasteiger partial charge in [0, 0.05) is 32.1 Å². The fourth-order valence-corrected chi connectivity index (χ4v) is 4.47. The van der Waals surface area contributed by atoms with Gasteiger partial charge in [0.25, 0.3) is 0 Å². The molecular weight excluding hydrogens is 310 g/mol. The molecule has 4 nitrogen and oxygen atoms in total. The van der Waals surface area contributed by atoms with Crippen molar-refractivity contribution in [1.29, 1.82) is 0 Å². The number of nitrogens with zero attached hydrogens (tertiary/aromatic N) is 2. The maximum atomic E-state index is 5.51. The summed E-state index contributed by atoms with van der Waals surface area (Å²) in [5.41, 5.74) is 1.81. The minimum atomic E-state index is 0.341. The first-order valence-corrected chi connectivity index (χ1v) is 9.83. The lowest BCUT2D eigenvalue weighted by Gasteiger charge is -2.26. The number of para-hydroxylation sites is 1. The molecule has 2 aliphatic rings. The molecule has 1 saturated carbocycles. The Bertz CT molecular complexity index is 593. The van der Waals surface area contributed by atoms with Gasteiger partial charge in [-0.25, -0.2) is 0 Å². The molecule has 1 aliphatic heterocycles. The van der Waals surface area contributed by atoms with E-state index in [9.17, 15) is 0 Å². The first kappa shape index (κ1) is 18.1. The van der Waals surface area contributed by atoms with E-state index in [4.69, 9.17) is 9.73 Å². The number of ether oxygens (including phenoxy) is 1. The Balaban J connectivity index is 1.68. The summed E-state index contributed by atoms with van der Waals surface area (Å²) in [4.78, 5) is 7.47. The molecule has 1 aliphatic carbocycles. The van der Waals surface area contributed by atoms with Gasteiger partial charge < -0.3 is 15.0 Å². The predicted octanol–water partition coefficient (Wildman–Crippen LogP) is 4.03. The number of guanidine groups is 1. The molecule has 1 aromatic carbocycles. The molecule has 3 rings (SSSR count). The normalized spacial score (nSPS) is 20.9. The van der Waals surface area contributed by atoms with Gasteiger partial charge in [0.15, 0.2) is 5.96 Å². The molecule has 2 fully saturated rings. The monoisotopic (exact) mass is 343 g/mol. The number of nitrogens with one attached hydrogen (secondary N) is 1.